The molecule has 29 heteroatoms. The molecule has 35 atom stereocenters. The van der Waals surface area contributed by atoms with E-state index < -0.39 is 232 Å². The lowest BCUT2D eigenvalue weighted by atomic mass is 9.33. The van der Waals surface area contributed by atoms with E-state index in [0.717, 1.165) is 18.4 Å². The molecule has 10 aliphatic rings. The zero-order chi connectivity index (χ0) is 69.0. The minimum Gasteiger partial charge on any atom is -0.451 e. The molecular formula is C65H106O29. The Hall–Kier alpha value is -2.13. The third-order valence-electron chi connectivity index (χ3n) is 24.8. The molecule has 0 bridgehead atoms. The van der Waals surface area contributed by atoms with E-state index in [0.29, 0.717) is 38.5 Å². The third kappa shape index (κ3) is 12.8. The highest BCUT2D eigenvalue weighted by atomic mass is 16.8. The van der Waals surface area contributed by atoms with Crippen LogP contribution in [0, 0.1) is 50.2 Å². The molecule has 0 amide bonds. The number of ether oxygens (including phenoxy) is 11. The molecule has 35 unspecified atom stereocenters. The zero-order valence-electron chi connectivity index (χ0n) is 55.2. The summed E-state index contributed by atoms with van der Waals surface area (Å²) < 4.78 is 66.9. The Bertz CT molecular complexity index is 2660. The maximum atomic E-state index is 13.4. The van der Waals surface area contributed by atoms with Crippen molar-refractivity contribution in [2.75, 3.05) is 33.0 Å². The summed E-state index contributed by atoms with van der Waals surface area (Å²) in [4.78, 5) is 13.4. The summed E-state index contributed by atoms with van der Waals surface area (Å²) in [5, 5.41) is 187. The van der Waals surface area contributed by atoms with Crippen LogP contribution in [-0.4, -0.2) is 298 Å². The van der Waals surface area contributed by atoms with Crippen LogP contribution in [0.2, 0.25) is 0 Å². The van der Waals surface area contributed by atoms with Crippen LogP contribution in [0.4, 0.5) is 0 Å². The van der Waals surface area contributed by atoms with Crippen molar-refractivity contribution in [1.29, 1.82) is 0 Å². The molecule has 17 N–H and O–H groups in total. The van der Waals surface area contributed by atoms with Gasteiger partial charge in [0.1, 0.15) is 110 Å². The van der Waals surface area contributed by atoms with E-state index in [1.165, 1.54) is 19.9 Å². The molecule has 0 aromatic rings. The van der Waals surface area contributed by atoms with Crippen molar-refractivity contribution in [3.05, 3.63) is 23.3 Å². The molecule has 4 saturated carbocycles. The smallest absolute Gasteiger partial charge is 0.333 e. The van der Waals surface area contributed by atoms with E-state index in [4.69, 9.17) is 52.1 Å². The molecule has 0 radical (unpaired) electrons. The molecule has 0 spiro atoms. The first-order valence-corrected chi connectivity index (χ1v) is 33.4. The Morgan fingerprint density at radius 3 is 1.63 bits per heavy atom. The lowest BCUT2D eigenvalue weighted by Crippen LogP contribution is -2.69. The van der Waals surface area contributed by atoms with Crippen LogP contribution in [0.1, 0.15) is 121 Å². The summed E-state index contributed by atoms with van der Waals surface area (Å²) in [6, 6.07) is 0. The number of rotatable bonds is 17. The van der Waals surface area contributed by atoms with Crippen molar-refractivity contribution < 1.29 is 144 Å². The molecule has 0 aromatic carbocycles. The first-order chi connectivity index (χ1) is 44.0. The second kappa shape index (κ2) is 28.0. The Labute approximate surface area is 547 Å². The predicted octanol–water partition coefficient (Wildman–Crippen LogP) is -3.25. The van der Waals surface area contributed by atoms with Crippen LogP contribution in [0.15, 0.2) is 23.3 Å². The van der Waals surface area contributed by atoms with E-state index in [1.807, 2.05) is 13.8 Å². The quantitative estimate of drug-likeness (QED) is 0.0294. The van der Waals surface area contributed by atoms with Crippen LogP contribution in [-0.2, 0) is 56.9 Å². The predicted molar refractivity (Wildman–Crippen MR) is 320 cm³/mol. The standard InChI is InChI=1S/C65H106O29/c1-11-26(2)54(83)93-51-46(77)41(72)33(24-85-56-48(79)44(75)39(70)31(22-67)89-56)91-59(51)92-36-15-16-62(8)34(61(36,6)7)14-17-64(10)35(62)13-12-28-29-20-60(4,5)52(81)53(82)65(29,19-18-63(28,64)9)25-86-58-50(94-57-49(80)42(73)37(68)27(3)87-57)45(76)40(71)32(90-58)23-84-55-47(78)43(74)38(69)30(21-66)88-55/h11-12,27,29-53,55-59,66-82H,13-25H2,1-10H3. The fourth-order valence-electron chi connectivity index (χ4n) is 18.4. The van der Waals surface area contributed by atoms with Crippen molar-refractivity contribution in [3.63, 3.8) is 0 Å². The molecule has 540 valence electrons. The molecule has 29 nitrogen and oxygen atoms in total. The van der Waals surface area contributed by atoms with Crippen molar-refractivity contribution in [3.8, 4) is 0 Å². The van der Waals surface area contributed by atoms with E-state index in [-0.39, 0.29) is 34.8 Å². The van der Waals surface area contributed by atoms with Crippen molar-refractivity contribution in [2.24, 2.45) is 50.2 Å². The van der Waals surface area contributed by atoms with Gasteiger partial charge in [0, 0.05) is 11.0 Å². The monoisotopic (exact) mass is 1350 g/mol. The lowest BCUT2D eigenvalue weighted by molar-refractivity contribution is -0.374. The molecule has 9 fully saturated rings. The molecule has 0 aromatic heterocycles. The van der Waals surface area contributed by atoms with Gasteiger partial charge in [-0.05, 0) is 117 Å². The van der Waals surface area contributed by atoms with Crippen molar-refractivity contribution in [1.82, 2.24) is 0 Å². The van der Waals surface area contributed by atoms with Crippen molar-refractivity contribution >= 4 is 5.97 Å². The Morgan fingerprint density at radius 1 is 0.543 bits per heavy atom. The van der Waals surface area contributed by atoms with Crippen LogP contribution >= 0.6 is 0 Å². The average Bonchev–Trinajstić information content (AvgIpc) is 0.674. The van der Waals surface area contributed by atoms with E-state index in [9.17, 15) is 91.6 Å². The topological polar surface area (TPSA) is 463 Å². The van der Waals surface area contributed by atoms with E-state index in [1.54, 1.807) is 6.92 Å². The number of aliphatic hydroxyl groups excluding tert-OH is 17. The van der Waals surface area contributed by atoms with E-state index in [2.05, 4.69) is 40.7 Å². The SMILES string of the molecule is CC=C(C)C(=O)OC1C(OC2CCC3(C)C(CCC4(C)C3CC=C3C5CC(C)(C)C(O)C(O)C5(COC5OC(COC6OC(CO)C(O)C(O)C6O)C(O)C(O)C5OC5OC(C)C(O)C(O)C5O)CCC34C)C2(C)C)OC(COC2OC(CO)C(O)C(O)C2O)C(O)C1O. The minimum absolute atomic E-state index is 0.0235. The van der Waals surface area contributed by atoms with Gasteiger partial charge in [0.15, 0.2) is 37.6 Å². The number of hydrogen-bond donors (Lipinski definition) is 17. The fraction of sp³-hybridized carbons (Fsp3) is 0.923. The first-order valence-electron chi connectivity index (χ1n) is 33.4. The van der Waals surface area contributed by atoms with Gasteiger partial charge < -0.3 is 139 Å². The number of carbonyl (C=O) groups excluding carboxylic acids is 1. The number of fused-ring (bicyclic) bond motifs is 7. The van der Waals surface area contributed by atoms with Crippen LogP contribution < -0.4 is 0 Å². The Kier molecular flexibility index (Phi) is 22.2. The average molecular weight is 1350 g/mol. The van der Waals surface area contributed by atoms with E-state index >= 15 is 0 Å². The number of allylic oxidation sites excluding steroid dienone is 3. The van der Waals surface area contributed by atoms with Gasteiger partial charge in [-0.2, -0.15) is 0 Å². The van der Waals surface area contributed by atoms with Gasteiger partial charge in [-0.3, -0.25) is 0 Å². The first kappa shape index (κ1) is 74.6. The molecule has 5 aliphatic heterocycles. The highest BCUT2D eigenvalue weighted by Gasteiger charge is 2.71. The van der Waals surface area contributed by atoms with Crippen LogP contribution in [0.5, 0.6) is 0 Å². The van der Waals surface area contributed by atoms with Gasteiger partial charge in [-0.15, -0.1) is 0 Å². The summed E-state index contributed by atoms with van der Waals surface area (Å²) in [6.45, 7) is 16.7. The molecule has 10 rings (SSSR count). The summed E-state index contributed by atoms with van der Waals surface area (Å²) in [5.74, 6) is -1.09. The molecule has 5 saturated heterocycles. The molecule has 94 heavy (non-hydrogen) atoms. The molecular weight excluding hydrogens is 1240 g/mol. The van der Waals surface area contributed by atoms with Gasteiger partial charge in [-0.1, -0.05) is 66.2 Å². The number of aliphatic hydroxyl groups is 17. The Balaban J connectivity index is 0.906. The highest BCUT2D eigenvalue weighted by molar-refractivity contribution is 5.87. The maximum Gasteiger partial charge on any atom is 0.333 e. The number of hydrogen-bond acceptors (Lipinski definition) is 29. The largest absolute Gasteiger partial charge is 0.451 e. The van der Waals surface area contributed by atoms with Gasteiger partial charge in [0.2, 0.25) is 0 Å². The van der Waals surface area contributed by atoms with Gasteiger partial charge >= 0.3 is 5.97 Å². The van der Waals surface area contributed by atoms with Crippen molar-refractivity contribution in [2.45, 2.75) is 292 Å². The zero-order valence-corrected chi connectivity index (χ0v) is 55.2. The van der Waals surface area contributed by atoms with Gasteiger partial charge in [0.25, 0.3) is 0 Å². The second-order valence-corrected chi connectivity index (χ2v) is 30.7. The summed E-state index contributed by atoms with van der Waals surface area (Å²) in [5.41, 5.74) is -2.51. The highest BCUT2D eigenvalue weighted by Crippen LogP contribution is 2.76. The summed E-state index contributed by atoms with van der Waals surface area (Å²) in [7, 11) is 0. The minimum atomic E-state index is -1.92. The van der Waals surface area contributed by atoms with Gasteiger partial charge in [0.05, 0.1) is 57.5 Å². The number of esters is 1. The molecule has 5 heterocycles. The second-order valence-electron chi connectivity index (χ2n) is 30.7. The van der Waals surface area contributed by atoms with Crippen LogP contribution in [0.25, 0.3) is 0 Å². The lowest BCUT2D eigenvalue weighted by Gasteiger charge is -2.72. The summed E-state index contributed by atoms with van der Waals surface area (Å²) in [6.07, 6.45) is -35.6. The fourth-order valence-corrected chi connectivity index (χ4v) is 18.4. The normalized spacial score (nSPS) is 52.7. The summed E-state index contributed by atoms with van der Waals surface area (Å²) >= 11 is 0. The molecule has 5 aliphatic carbocycles. The Morgan fingerprint density at radius 2 is 1.06 bits per heavy atom. The van der Waals surface area contributed by atoms with Crippen LogP contribution in [0.3, 0.4) is 0 Å². The maximum absolute atomic E-state index is 13.4. The number of carbonyl (C=O) groups is 1. The third-order valence-corrected chi connectivity index (χ3v) is 24.8. The van der Waals surface area contributed by atoms with Gasteiger partial charge in [-0.25, -0.2) is 4.79 Å².